The number of hydrogen-bond donors (Lipinski definition) is 2. The third kappa shape index (κ3) is 3.81. The van der Waals surface area contributed by atoms with E-state index in [4.69, 9.17) is 5.11 Å². The molecule has 1 aliphatic rings. The van der Waals surface area contributed by atoms with Crippen LogP contribution in [0, 0.1) is 11.3 Å². The van der Waals surface area contributed by atoms with Gasteiger partial charge in [-0.3, -0.25) is 4.79 Å². The highest BCUT2D eigenvalue weighted by atomic mass is 16.4. The van der Waals surface area contributed by atoms with E-state index in [1.54, 1.807) is 0 Å². The molecule has 1 aliphatic carbocycles. The van der Waals surface area contributed by atoms with Crippen LogP contribution in [-0.4, -0.2) is 33.0 Å². The van der Waals surface area contributed by atoms with E-state index in [-0.39, 0.29) is 28.8 Å². The number of nitrogens with zero attached hydrogens (tertiary/aromatic N) is 2. The monoisotopic (exact) mass is 305 g/mol. The molecule has 1 fully saturated rings. The summed E-state index contributed by atoms with van der Waals surface area (Å²) >= 11 is 0. The summed E-state index contributed by atoms with van der Waals surface area (Å²) in [5.41, 5.74) is 0.127. The lowest BCUT2D eigenvalue weighted by molar-refractivity contribution is 0.0688. The third-order valence-corrected chi connectivity index (χ3v) is 4.30. The maximum absolute atomic E-state index is 12.3. The fourth-order valence-electron chi connectivity index (χ4n) is 3.14. The van der Waals surface area contributed by atoms with Gasteiger partial charge in [0, 0.05) is 6.04 Å². The molecule has 120 valence electrons. The van der Waals surface area contributed by atoms with Crippen LogP contribution in [0.3, 0.4) is 0 Å². The lowest BCUT2D eigenvalue weighted by Crippen LogP contribution is -2.46. The maximum Gasteiger partial charge on any atom is 0.356 e. The van der Waals surface area contributed by atoms with Crippen molar-refractivity contribution in [2.45, 2.75) is 52.5 Å². The summed E-state index contributed by atoms with van der Waals surface area (Å²) < 4.78 is 0. The first-order chi connectivity index (χ1) is 10.3. The molecule has 2 unspecified atom stereocenters. The van der Waals surface area contributed by atoms with Crippen LogP contribution < -0.4 is 5.32 Å². The van der Waals surface area contributed by atoms with E-state index in [2.05, 4.69) is 36.1 Å². The number of carbonyl (C=O) groups excluding carboxylic acids is 1. The van der Waals surface area contributed by atoms with Gasteiger partial charge in [0.1, 0.15) is 5.69 Å². The second-order valence-electron chi connectivity index (χ2n) is 6.93. The van der Waals surface area contributed by atoms with Gasteiger partial charge < -0.3 is 10.4 Å². The van der Waals surface area contributed by atoms with Crippen LogP contribution in [-0.2, 0) is 0 Å². The van der Waals surface area contributed by atoms with Crippen LogP contribution in [0.5, 0.6) is 0 Å². The predicted molar refractivity (Wildman–Crippen MR) is 81.7 cm³/mol. The molecule has 2 atom stereocenters. The van der Waals surface area contributed by atoms with Crippen molar-refractivity contribution in [3.8, 4) is 0 Å². The molecule has 2 N–H and O–H groups in total. The Hall–Kier alpha value is -1.98. The van der Waals surface area contributed by atoms with Crippen molar-refractivity contribution in [1.82, 2.24) is 15.3 Å². The molecular formula is C16H23N3O3. The van der Waals surface area contributed by atoms with Crippen LogP contribution in [0.1, 0.15) is 67.4 Å². The first-order valence-corrected chi connectivity index (χ1v) is 7.65. The lowest BCUT2D eigenvalue weighted by Gasteiger charge is -2.40. The van der Waals surface area contributed by atoms with Crippen molar-refractivity contribution in [2.24, 2.45) is 11.3 Å². The van der Waals surface area contributed by atoms with Gasteiger partial charge in [-0.1, -0.05) is 33.6 Å². The number of rotatable bonds is 3. The van der Waals surface area contributed by atoms with Crippen molar-refractivity contribution < 1.29 is 14.7 Å². The van der Waals surface area contributed by atoms with Crippen molar-refractivity contribution in [1.29, 1.82) is 0 Å². The number of carboxylic acid groups (broad SMARTS) is 1. The first-order valence-electron chi connectivity index (χ1n) is 7.65. The summed E-state index contributed by atoms with van der Waals surface area (Å²) in [6, 6.07) is 0.127. The van der Waals surface area contributed by atoms with E-state index >= 15 is 0 Å². The molecule has 1 aromatic rings. The second-order valence-corrected chi connectivity index (χ2v) is 6.93. The van der Waals surface area contributed by atoms with Gasteiger partial charge in [0.25, 0.3) is 5.91 Å². The van der Waals surface area contributed by atoms with E-state index in [9.17, 15) is 9.59 Å². The van der Waals surface area contributed by atoms with Crippen LogP contribution in [0.15, 0.2) is 12.4 Å². The first kappa shape index (κ1) is 16.4. The van der Waals surface area contributed by atoms with E-state index in [1.807, 2.05) is 0 Å². The Morgan fingerprint density at radius 2 is 1.73 bits per heavy atom. The highest BCUT2D eigenvalue weighted by Crippen LogP contribution is 2.38. The van der Waals surface area contributed by atoms with E-state index < -0.39 is 5.97 Å². The normalized spacial score (nSPS) is 22.1. The molecule has 0 radical (unpaired) electrons. The Balaban J connectivity index is 2.08. The zero-order chi connectivity index (χ0) is 16.3. The minimum absolute atomic E-state index is 0.127. The predicted octanol–water partition coefficient (Wildman–Crippen LogP) is 2.51. The van der Waals surface area contributed by atoms with Crippen molar-refractivity contribution in [3.63, 3.8) is 0 Å². The Morgan fingerprint density at radius 1 is 1.14 bits per heavy atom. The number of carboxylic acids is 1. The quantitative estimate of drug-likeness (QED) is 0.895. The highest BCUT2D eigenvalue weighted by Gasteiger charge is 2.35. The van der Waals surface area contributed by atoms with E-state index in [0.29, 0.717) is 5.92 Å². The summed E-state index contributed by atoms with van der Waals surface area (Å²) in [5, 5.41) is 11.8. The smallest absolute Gasteiger partial charge is 0.356 e. The largest absolute Gasteiger partial charge is 0.476 e. The van der Waals surface area contributed by atoms with Crippen molar-refractivity contribution >= 4 is 11.9 Å². The maximum atomic E-state index is 12.3. The SMILES string of the molecule is CC(C)(C)C1CCCCC1NC(=O)c1cnc(C(=O)O)cn1. The molecule has 1 heterocycles. The molecule has 0 spiro atoms. The molecule has 6 heteroatoms. The molecule has 0 aromatic carbocycles. The minimum Gasteiger partial charge on any atom is -0.476 e. The Bertz CT molecular complexity index is 549. The topological polar surface area (TPSA) is 92.2 Å². The van der Waals surface area contributed by atoms with Gasteiger partial charge in [-0.15, -0.1) is 0 Å². The Labute approximate surface area is 130 Å². The molecule has 0 bridgehead atoms. The fraction of sp³-hybridized carbons (Fsp3) is 0.625. The van der Waals surface area contributed by atoms with E-state index in [0.717, 1.165) is 25.5 Å². The number of hydrogen-bond acceptors (Lipinski definition) is 4. The molecule has 2 rings (SSSR count). The number of aromatic nitrogens is 2. The minimum atomic E-state index is -1.15. The number of carbonyl (C=O) groups is 2. The Kier molecular flexibility index (Phi) is 4.78. The molecular weight excluding hydrogens is 282 g/mol. The lowest BCUT2D eigenvalue weighted by atomic mass is 9.69. The van der Waals surface area contributed by atoms with E-state index in [1.165, 1.54) is 12.6 Å². The summed E-state index contributed by atoms with van der Waals surface area (Å²) in [6.07, 6.45) is 6.71. The summed E-state index contributed by atoms with van der Waals surface area (Å²) in [4.78, 5) is 30.7. The van der Waals surface area contributed by atoms with Crippen molar-refractivity contribution in [2.75, 3.05) is 0 Å². The van der Waals surface area contributed by atoms with Gasteiger partial charge in [-0.2, -0.15) is 0 Å². The molecule has 1 saturated carbocycles. The van der Waals surface area contributed by atoms with Gasteiger partial charge in [-0.05, 0) is 24.2 Å². The molecule has 0 saturated heterocycles. The number of aromatic carboxylic acids is 1. The molecule has 22 heavy (non-hydrogen) atoms. The highest BCUT2D eigenvalue weighted by molar-refractivity contribution is 5.92. The zero-order valence-electron chi connectivity index (χ0n) is 13.3. The van der Waals surface area contributed by atoms with Gasteiger partial charge >= 0.3 is 5.97 Å². The third-order valence-electron chi connectivity index (χ3n) is 4.30. The van der Waals surface area contributed by atoms with Gasteiger partial charge in [0.2, 0.25) is 0 Å². The second kappa shape index (κ2) is 6.42. The molecule has 6 nitrogen and oxygen atoms in total. The van der Waals surface area contributed by atoms with Crippen LogP contribution in [0.25, 0.3) is 0 Å². The summed E-state index contributed by atoms with van der Waals surface area (Å²) in [7, 11) is 0. The van der Waals surface area contributed by atoms with Crippen LogP contribution in [0.4, 0.5) is 0 Å². The average molecular weight is 305 g/mol. The number of amides is 1. The van der Waals surface area contributed by atoms with Crippen LogP contribution in [0.2, 0.25) is 0 Å². The summed E-state index contributed by atoms with van der Waals surface area (Å²) in [5.74, 6) is -1.01. The van der Waals surface area contributed by atoms with Gasteiger partial charge in [-0.25, -0.2) is 14.8 Å². The number of nitrogens with one attached hydrogen (secondary N) is 1. The molecule has 0 aliphatic heterocycles. The average Bonchev–Trinajstić information content (AvgIpc) is 2.46. The fourth-order valence-corrected chi connectivity index (χ4v) is 3.14. The van der Waals surface area contributed by atoms with Gasteiger partial charge in [0.15, 0.2) is 5.69 Å². The summed E-state index contributed by atoms with van der Waals surface area (Å²) in [6.45, 7) is 6.59. The Morgan fingerprint density at radius 3 is 2.27 bits per heavy atom. The van der Waals surface area contributed by atoms with Crippen molar-refractivity contribution in [3.05, 3.63) is 23.8 Å². The standard InChI is InChI=1S/C16H23N3O3/c1-16(2,3)10-6-4-5-7-11(10)19-14(20)12-8-18-13(9-17-12)15(21)22/h8-11H,4-7H2,1-3H3,(H,19,20)(H,21,22). The zero-order valence-corrected chi connectivity index (χ0v) is 13.3. The van der Waals surface area contributed by atoms with Crippen LogP contribution >= 0.6 is 0 Å². The molecule has 1 aromatic heterocycles. The van der Waals surface area contributed by atoms with Gasteiger partial charge in [0.05, 0.1) is 12.4 Å². The molecule has 1 amide bonds.